The Morgan fingerprint density at radius 3 is 2.51 bits per heavy atom. The van der Waals surface area contributed by atoms with E-state index in [1.54, 1.807) is 35.2 Å². The monoisotopic (exact) mass is 573 g/mol. The number of fused-ring (bicyclic) bond motifs is 1. The maximum atomic E-state index is 13.9. The number of carboxylic acids is 1. The van der Waals surface area contributed by atoms with Gasteiger partial charge in [0, 0.05) is 61.7 Å². The van der Waals surface area contributed by atoms with Gasteiger partial charge in [0.05, 0.1) is 5.56 Å². The van der Waals surface area contributed by atoms with Crippen LogP contribution in [0.5, 0.6) is 0 Å². The third kappa shape index (κ3) is 6.27. The lowest BCUT2D eigenvalue weighted by Crippen LogP contribution is -2.47. The molecule has 10 heteroatoms. The van der Waals surface area contributed by atoms with Gasteiger partial charge in [-0.2, -0.15) is 0 Å². The predicted octanol–water partition coefficient (Wildman–Crippen LogP) is 3.68. The van der Waals surface area contributed by atoms with Crippen molar-refractivity contribution < 1.29 is 19.5 Å². The van der Waals surface area contributed by atoms with Gasteiger partial charge in [-0.1, -0.05) is 29.8 Å². The Balaban J connectivity index is 1.48. The minimum Gasteiger partial charge on any atom is -0.478 e. The first kappa shape index (κ1) is 28.4. The molecule has 2 heterocycles. The molecule has 0 radical (unpaired) electrons. The summed E-state index contributed by atoms with van der Waals surface area (Å²) in [5.41, 5.74) is 10.9. The Kier molecular flexibility index (Phi) is 8.68. The van der Waals surface area contributed by atoms with Gasteiger partial charge in [0.15, 0.2) is 0 Å². The van der Waals surface area contributed by atoms with Crippen LogP contribution in [0.2, 0.25) is 5.02 Å². The summed E-state index contributed by atoms with van der Waals surface area (Å²) in [6.07, 6.45) is 3.75. The third-order valence-corrected chi connectivity index (χ3v) is 7.75. The fourth-order valence-corrected chi connectivity index (χ4v) is 5.62. The minimum atomic E-state index is -1.05. The molecule has 0 bridgehead atoms. The zero-order valence-electron chi connectivity index (χ0n) is 22.5. The fraction of sp³-hybridized carbons (Fsp3) is 0.258. The van der Waals surface area contributed by atoms with Crippen LogP contribution in [0, 0.1) is 0 Å². The largest absolute Gasteiger partial charge is 0.478 e. The number of carboxylic acid groups (broad SMARTS) is 1. The standard InChI is InChI=1S/C31H32ClN5O4/c32-23-8-4-22(19-33)21(18-23)7-11-28(38)37-15-12-25-26(2-1-3-27(25)36-16-13-34-14-17-36)29(37)30(39)35-24-9-5-20(6-10-24)31(40)41/h1-11,18,29,34H,12-17,19,33H2,(H,35,39)(H,40,41)/b11-7+. The second-order valence-electron chi connectivity index (χ2n) is 10.0. The van der Waals surface area contributed by atoms with Crippen LogP contribution < -0.4 is 21.3 Å². The van der Waals surface area contributed by atoms with Crippen molar-refractivity contribution in [3.63, 3.8) is 0 Å². The molecule has 5 N–H and O–H groups in total. The lowest BCUT2D eigenvalue weighted by atomic mass is 9.89. The number of rotatable bonds is 7. The minimum absolute atomic E-state index is 0.117. The van der Waals surface area contributed by atoms with E-state index >= 15 is 0 Å². The zero-order chi connectivity index (χ0) is 28.9. The van der Waals surface area contributed by atoms with Crippen LogP contribution in [0.15, 0.2) is 66.7 Å². The molecule has 3 aromatic carbocycles. The van der Waals surface area contributed by atoms with Crippen molar-refractivity contribution >= 4 is 46.8 Å². The lowest BCUT2D eigenvalue weighted by molar-refractivity contribution is -0.135. The van der Waals surface area contributed by atoms with Crippen molar-refractivity contribution in [3.8, 4) is 0 Å². The van der Waals surface area contributed by atoms with Gasteiger partial charge in [0.2, 0.25) is 5.91 Å². The van der Waals surface area contributed by atoms with E-state index in [1.165, 1.54) is 18.2 Å². The number of aromatic carboxylic acids is 1. The van der Waals surface area contributed by atoms with Crippen LogP contribution in [0.4, 0.5) is 11.4 Å². The summed E-state index contributed by atoms with van der Waals surface area (Å²) in [5, 5.41) is 16.0. The number of carbonyl (C=O) groups excluding carboxylic acids is 2. The molecular weight excluding hydrogens is 542 g/mol. The molecular formula is C31H32ClN5O4. The van der Waals surface area contributed by atoms with Crippen LogP contribution in [-0.2, 0) is 22.6 Å². The SMILES string of the molecule is NCc1ccc(Cl)cc1/C=C/C(=O)N1CCc2c(cccc2N2CCNCC2)C1C(=O)Nc1ccc(C(=O)O)cc1. The normalized spacial score (nSPS) is 16.9. The summed E-state index contributed by atoms with van der Waals surface area (Å²) < 4.78 is 0. The quantitative estimate of drug-likeness (QED) is 0.317. The molecule has 1 atom stereocenters. The van der Waals surface area contributed by atoms with Gasteiger partial charge in [-0.15, -0.1) is 0 Å². The molecule has 2 aliphatic heterocycles. The van der Waals surface area contributed by atoms with E-state index in [9.17, 15) is 19.5 Å². The first-order valence-corrected chi connectivity index (χ1v) is 13.9. The number of carbonyl (C=O) groups is 3. The number of benzene rings is 3. The van der Waals surface area contributed by atoms with Crippen molar-refractivity contribution in [1.82, 2.24) is 10.2 Å². The van der Waals surface area contributed by atoms with Crippen molar-refractivity contribution in [2.45, 2.75) is 19.0 Å². The number of hydrogen-bond acceptors (Lipinski definition) is 6. The third-order valence-electron chi connectivity index (χ3n) is 7.52. The summed E-state index contributed by atoms with van der Waals surface area (Å²) in [5.74, 6) is -1.74. The topological polar surface area (TPSA) is 128 Å². The molecule has 1 unspecified atom stereocenters. The first-order chi connectivity index (χ1) is 19.9. The number of nitrogens with two attached hydrogens (primary N) is 1. The Morgan fingerprint density at radius 2 is 1.80 bits per heavy atom. The highest BCUT2D eigenvalue weighted by molar-refractivity contribution is 6.30. The summed E-state index contributed by atoms with van der Waals surface area (Å²) in [7, 11) is 0. The van der Waals surface area contributed by atoms with E-state index < -0.39 is 12.0 Å². The molecule has 2 aliphatic rings. The van der Waals surface area contributed by atoms with Gasteiger partial charge in [0.1, 0.15) is 6.04 Å². The summed E-state index contributed by atoms with van der Waals surface area (Å²) in [6.45, 7) is 4.12. The van der Waals surface area contributed by atoms with E-state index in [1.807, 2.05) is 18.2 Å². The molecule has 0 saturated carbocycles. The van der Waals surface area contributed by atoms with Crippen molar-refractivity contribution in [3.05, 3.63) is 99.6 Å². The van der Waals surface area contributed by atoms with E-state index in [-0.39, 0.29) is 17.4 Å². The highest BCUT2D eigenvalue weighted by Crippen LogP contribution is 2.37. The molecule has 5 rings (SSSR count). The molecule has 1 fully saturated rings. The Bertz CT molecular complexity index is 1480. The molecule has 212 valence electrons. The highest BCUT2D eigenvalue weighted by atomic mass is 35.5. The number of halogens is 1. The molecule has 2 amide bonds. The number of nitrogens with zero attached hydrogens (tertiary/aromatic N) is 2. The van der Waals surface area contributed by atoms with Crippen LogP contribution >= 0.6 is 11.6 Å². The van der Waals surface area contributed by atoms with Crippen LogP contribution in [-0.4, -0.2) is 60.5 Å². The van der Waals surface area contributed by atoms with Crippen LogP contribution in [0.3, 0.4) is 0 Å². The van der Waals surface area contributed by atoms with Gasteiger partial charge in [-0.05, 0) is 77.2 Å². The van der Waals surface area contributed by atoms with Gasteiger partial charge >= 0.3 is 5.97 Å². The molecule has 9 nitrogen and oxygen atoms in total. The molecule has 3 aromatic rings. The van der Waals surface area contributed by atoms with Gasteiger partial charge in [-0.25, -0.2) is 4.79 Å². The Labute approximate surface area is 243 Å². The lowest BCUT2D eigenvalue weighted by Gasteiger charge is -2.39. The number of anilines is 2. The second kappa shape index (κ2) is 12.6. The van der Waals surface area contributed by atoms with E-state index in [0.717, 1.165) is 54.1 Å². The van der Waals surface area contributed by atoms with Gasteiger partial charge in [0.25, 0.3) is 5.91 Å². The van der Waals surface area contributed by atoms with Crippen LogP contribution in [0.1, 0.15) is 38.7 Å². The zero-order valence-corrected chi connectivity index (χ0v) is 23.2. The Hall–Kier alpha value is -4.18. The Morgan fingerprint density at radius 1 is 1.05 bits per heavy atom. The average molecular weight is 574 g/mol. The van der Waals surface area contributed by atoms with E-state index in [4.69, 9.17) is 17.3 Å². The van der Waals surface area contributed by atoms with Crippen molar-refractivity contribution in [2.75, 3.05) is 42.9 Å². The summed E-state index contributed by atoms with van der Waals surface area (Å²) in [6, 6.07) is 16.3. The second-order valence-corrected chi connectivity index (χ2v) is 10.5. The van der Waals surface area contributed by atoms with Crippen LogP contribution in [0.25, 0.3) is 6.08 Å². The predicted molar refractivity (Wildman–Crippen MR) is 160 cm³/mol. The summed E-state index contributed by atoms with van der Waals surface area (Å²) >= 11 is 6.18. The molecule has 0 aromatic heterocycles. The van der Waals surface area contributed by atoms with Crippen molar-refractivity contribution in [1.29, 1.82) is 0 Å². The first-order valence-electron chi connectivity index (χ1n) is 13.5. The number of amides is 2. The van der Waals surface area contributed by atoms with E-state index in [0.29, 0.717) is 30.2 Å². The smallest absolute Gasteiger partial charge is 0.335 e. The summed E-state index contributed by atoms with van der Waals surface area (Å²) in [4.78, 5) is 42.7. The van der Waals surface area contributed by atoms with Crippen molar-refractivity contribution in [2.24, 2.45) is 5.73 Å². The van der Waals surface area contributed by atoms with Gasteiger partial charge in [-0.3, -0.25) is 9.59 Å². The number of nitrogens with one attached hydrogen (secondary N) is 2. The molecule has 0 spiro atoms. The number of piperazine rings is 1. The highest BCUT2D eigenvalue weighted by Gasteiger charge is 2.37. The molecule has 1 saturated heterocycles. The maximum Gasteiger partial charge on any atom is 0.335 e. The molecule has 41 heavy (non-hydrogen) atoms. The number of hydrogen-bond donors (Lipinski definition) is 4. The fourth-order valence-electron chi connectivity index (χ4n) is 5.44. The average Bonchev–Trinajstić information content (AvgIpc) is 2.99. The molecule has 0 aliphatic carbocycles. The van der Waals surface area contributed by atoms with E-state index in [2.05, 4.69) is 21.6 Å². The van der Waals surface area contributed by atoms with Gasteiger partial charge < -0.3 is 31.3 Å². The maximum absolute atomic E-state index is 13.9.